The zero-order valence-electron chi connectivity index (χ0n) is 11.4. The van der Waals surface area contributed by atoms with Crippen molar-refractivity contribution in [3.63, 3.8) is 0 Å². The molecule has 2 aromatic rings. The zero-order chi connectivity index (χ0) is 13.7. The molecular weight excluding hydrogens is 240 g/mol. The van der Waals surface area contributed by atoms with E-state index in [0.717, 1.165) is 17.8 Å². The predicted octanol–water partition coefficient (Wildman–Crippen LogP) is 2.37. The maximum Gasteiger partial charge on any atom is 0.226 e. The molecule has 0 spiro atoms. The third kappa shape index (κ3) is 3.91. The van der Waals surface area contributed by atoms with Crippen LogP contribution in [0.2, 0.25) is 0 Å². The number of hydrogen-bond acceptors (Lipinski definition) is 4. The molecule has 19 heavy (non-hydrogen) atoms. The lowest BCUT2D eigenvalue weighted by atomic mass is 10.1. The number of benzene rings is 1. The second-order valence-electron chi connectivity index (χ2n) is 4.93. The summed E-state index contributed by atoms with van der Waals surface area (Å²) in [5.74, 6) is 0.899. The molecule has 0 radical (unpaired) electrons. The first-order valence-corrected chi connectivity index (χ1v) is 6.52. The molecule has 1 aromatic carbocycles. The Balaban J connectivity index is 1.93. The molecule has 1 unspecified atom stereocenters. The van der Waals surface area contributed by atoms with E-state index < -0.39 is 0 Å². The number of aliphatic hydroxyl groups is 1. The minimum absolute atomic E-state index is 0.195. The summed E-state index contributed by atoms with van der Waals surface area (Å²) in [6, 6.07) is 8.10. The quantitative estimate of drug-likeness (QED) is 0.837. The molecule has 0 saturated carbocycles. The maximum absolute atomic E-state index is 8.93. The van der Waals surface area contributed by atoms with Crippen molar-refractivity contribution in [2.45, 2.75) is 20.4 Å². The summed E-state index contributed by atoms with van der Waals surface area (Å²) >= 11 is 0. The number of nitrogens with zero attached hydrogens (tertiary/aromatic N) is 1. The molecular formula is C15H20N2O2. The summed E-state index contributed by atoms with van der Waals surface area (Å²) in [6.07, 6.45) is 1.67. The Hall–Kier alpha value is -1.65. The molecule has 1 heterocycles. The van der Waals surface area contributed by atoms with E-state index in [1.807, 2.05) is 31.2 Å². The van der Waals surface area contributed by atoms with Gasteiger partial charge in [-0.15, -0.1) is 0 Å². The van der Waals surface area contributed by atoms with Crippen molar-refractivity contribution in [2.24, 2.45) is 5.92 Å². The van der Waals surface area contributed by atoms with E-state index in [2.05, 4.69) is 17.2 Å². The number of rotatable bonds is 6. The van der Waals surface area contributed by atoms with Crippen LogP contribution in [0.25, 0.3) is 11.5 Å². The third-order valence-electron chi connectivity index (χ3n) is 2.96. The standard InChI is InChI=1S/C15H20N2O2/c1-11-3-5-13(6-4-11)15-17-14(10-19-15)8-16-7-12(2)9-18/h3-6,10,12,16,18H,7-9H2,1-2H3. The molecule has 0 aliphatic heterocycles. The van der Waals surface area contributed by atoms with E-state index in [-0.39, 0.29) is 12.5 Å². The van der Waals surface area contributed by atoms with Crippen molar-refractivity contribution in [1.82, 2.24) is 10.3 Å². The SMILES string of the molecule is Cc1ccc(-c2nc(CNCC(C)CO)co2)cc1. The first-order chi connectivity index (χ1) is 9.19. The van der Waals surface area contributed by atoms with Crippen LogP contribution in [0.4, 0.5) is 0 Å². The van der Waals surface area contributed by atoms with Crippen molar-refractivity contribution in [3.05, 3.63) is 41.8 Å². The first kappa shape index (κ1) is 13.8. The van der Waals surface area contributed by atoms with Gasteiger partial charge in [0.15, 0.2) is 0 Å². The zero-order valence-corrected chi connectivity index (χ0v) is 11.4. The van der Waals surface area contributed by atoms with Gasteiger partial charge in [-0.1, -0.05) is 24.6 Å². The molecule has 102 valence electrons. The summed E-state index contributed by atoms with van der Waals surface area (Å²) in [5, 5.41) is 12.2. The summed E-state index contributed by atoms with van der Waals surface area (Å²) in [7, 11) is 0. The Morgan fingerprint density at radius 1 is 1.32 bits per heavy atom. The van der Waals surface area contributed by atoms with Gasteiger partial charge < -0.3 is 14.8 Å². The fourth-order valence-corrected chi connectivity index (χ4v) is 1.73. The summed E-state index contributed by atoms with van der Waals surface area (Å²) < 4.78 is 5.47. The highest BCUT2D eigenvalue weighted by molar-refractivity contribution is 5.53. The van der Waals surface area contributed by atoms with Gasteiger partial charge in [0, 0.05) is 25.3 Å². The lowest BCUT2D eigenvalue weighted by Crippen LogP contribution is -2.22. The number of oxazole rings is 1. The summed E-state index contributed by atoms with van der Waals surface area (Å²) in [5.41, 5.74) is 3.08. The second kappa shape index (κ2) is 6.50. The largest absolute Gasteiger partial charge is 0.444 e. The van der Waals surface area contributed by atoms with Crippen molar-refractivity contribution in [3.8, 4) is 11.5 Å². The van der Waals surface area contributed by atoms with Crippen LogP contribution < -0.4 is 5.32 Å². The number of aliphatic hydroxyl groups excluding tert-OH is 1. The van der Waals surface area contributed by atoms with E-state index in [4.69, 9.17) is 9.52 Å². The lowest BCUT2D eigenvalue weighted by molar-refractivity contribution is 0.233. The van der Waals surface area contributed by atoms with E-state index in [0.29, 0.717) is 12.4 Å². The molecule has 1 atom stereocenters. The first-order valence-electron chi connectivity index (χ1n) is 6.52. The fourth-order valence-electron chi connectivity index (χ4n) is 1.73. The van der Waals surface area contributed by atoms with E-state index in [1.165, 1.54) is 5.56 Å². The Kier molecular flexibility index (Phi) is 4.71. The topological polar surface area (TPSA) is 58.3 Å². The lowest BCUT2D eigenvalue weighted by Gasteiger charge is -2.07. The van der Waals surface area contributed by atoms with Crippen LogP contribution in [0.15, 0.2) is 34.9 Å². The smallest absolute Gasteiger partial charge is 0.226 e. The molecule has 0 aliphatic carbocycles. The third-order valence-corrected chi connectivity index (χ3v) is 2.96. The predicted molar refractivity (Wildman–Crippen MR) is 74.6 cm³/mol. The molecule has 0 saturated heterocycles. The van der Waals surface area contributed by atoms with Crippen LogP contribution in [0, 0.1) is 12.8 Å². The molecule has 2 rings (SSSR count). The van der Waals surface area contributed by atoms with Crippen LogP contribution in [-0.2, 0) is 6.54 Å². The molecule has 0 aliphatic rings. The second-order valence-corrected chi connectivity index (χ2v) is 4.93. The molecule has 0 bridgehead atoms. The maximum atomic E-state index is 8.93. The van der Waals surface area contributed by atoms with Crippen LogP contribution in [0.1, 0.15) is 18.2 Å². The molecule has 4 heteroatoms. The van der Waals surface area contributed by atoms with Crippen LogP contribution >= 0.6 is 0 Å². The van der Waals surface area contributed by atoms with Gasteiger partial charge in [0.2, 0.25) is 5.89 Å². The Labute approximate surface area is 113 Å². The van der Waals surface area contributed by atoms with Crippen LogP contribution in [0.3, 0.4) is 0 Å². The highest BCUT2D eigenvalue weighted by Gasteiger charge is 2.06. The van der Waals surface area contributed by atoms with E-state index in [9.17, 15) is 0 Å². The molecule has 0 fully saturated rings. The molecule has 4 nitrogen and oxygen atoms in total. The average Bonchev–Trinajstić information content (AvgIpc) is 2.88. The van der Waals surface area contributed by atoms with Crippen LogP contribution in [0.5, 0.6) is 0 Å². The van der Waals surface area contributed by atoms with Gasteiger partial charge in [0.1, 0.15) is 6.26 Å². The van der Waals surface area contributed by atoms with Crippen molar-refractivity contribution in [2.75, 3.05) is 13.2 Å². The summed E-state index contributed by atoms with van der Waals surface area (Å²) in [6.45, 7) is 5.66. The van der Waals surface area contributed by atoms with Gasteiger partial charge in [0.25, 0.3) is 0 Å². The molecule has 0 amide bonds. The normalized spacial score (nSPS) is 12.6. The van der Waals surface area contributed by atoms with Gasteiger partial charge in [-0.25, -0.2) is 4.98 Å². The van der Waals surface area contributed by atoms with Crippen LogP contribution in [-0.4, -0.2) is 23.2 Å². The molecule has 2 N–H and O–H groups in total. The van der Waals surface area contributed by atoms with Gasteiger partial charge in [-0.3, -0.25) is 0 Å². The number of aryl methyl sites for hydroxylation is 1. The van der Waals surface area contributed by atoms with E-state index in [1.54, 1.807) is 6.26 Å². The van der Waals surface area contributed by atoms with Gasteiger partial charge in [-0.05, 0) is 25.0 Å². The van der Waals surface area contributed by atoms with Crippen molar-refractivity contribution >= 4 is 0 Å². The fraction of sp³-hybridized carbons (Fsp3) is 0.400. The molecule has 1 aromatic heterocycles. The Bertz CT molecular complexity index is 505. The average molecular weight is 260 g/mol. The van der Waals surface area contributed by atoms with Crippen molar-refractivity contribution in [1.29, 1.82) is 0 Å². The number of hydrogen-bond donors (Lipinski definition) is 2. The Morgan fingerprint density at radius 2 is 2.05 bits per heavy atom. The van der Waals surface area contributed by atoms with Crippen molar-refractivity contribution < 1.29 is 9.52 Å². The van der Waals surface area contributed by atoms with Gasteiger partial charge in [0.05, 0.1) is 5.69 Å². The highest BCUT2D eigenvalue weighted by atomic mass is 16.3. The minimum Gasteiger partial charge on any atom is -0.444 e. The highest BCUT2D eigenvalue weighted by Crippen LogP contribution is 2.18. The number of aromatic nitrogens is 1. The van der Waals surface area contributed by atoms with Gasteiger partial charge in [-0.2, -0.15) is 0 Å². The van der Waals surface area contributed by atoms with E-state index >= 15 is 0 Å². The Morgan fingerprint density at radius 3 is 2.74 bits per heavy atom. The van der Waals surface area contributed by atoms with Gasteiger partial charge >= 0.3 is 0 Å². The minimum atomic E-state index is 0.195. The summed E-state index contributed by atoms with van der Waals surface area (Å²) in [4.78, 5) is 4.44. The number of nitrogens with one attached hydrogen (secondary N) is 1. The monoisotopic (exact) mass is 260 g/mol.